The fourth-order valence-electron chi connectivity index (χ4n) is 0.830. The summed E-state index contributed by atoms with van der Waals surface area (Å²) in [5.41, 5.74) is 0. The molecule has 10 heavy (non-hydrogen) atoms. The van der Waals surface area contributed by atoms with Gasteiger partial charge >= 0.3 is 0 Å². The van der Waals surface area contributed by atoms with E-state index in [9.17, 15) is 0 Å². The average molecular weight is 203 g/mol. The minimum absolute atomic E-state index is 0.594. The second kappa shape index (κ2) is 2.34. The van der Waals surface area contributed by atoms with E-state index >= 15 is 0 Å². The van der Waals surface area contributed by atoms with Gasteiger partial charge in [0, 0.05) is 5.92 Å². The first-order valence-corrected chi connectivity index (χ1v) is 4.40. The number of hydrogen-bond donors (Lipinski definition) is 0. The SMILES string of the molecule is BrCc1nc(C2CC2)no1. The van der Waals surface area contributed by atoms with E-state index in [0.717, 1.165) is 5.82 Å². The standard InChI is InChI=1S/C6H7BrN2O/c7-3-5-8-6(9-10-5)4-1-2-4/h4H,1-3H2. The predicted molar refractivity (Wildman–Crippen MR) is 38.9 cm³/mol. The third-order valence-corrected chi connectivity index (χ3v) is 2.02. The normalized spacial score (nSPS) is 17.7. The third-order valence-electron chi connectivity index (χ3n) is 1.54. The van der Waals surface area contributed by atoms with Crippen molar-refractivity contribution in [3.8, 4) is 0 Å². The van der Waals surface area contributed by atoms with Crippen LogP contribution in [0.5, 0.6) is 0 Å². The lowest BCUT2D eigenvalue weighted by Crippen LogP contribution is -1.81. The highest BCUT2D eigenvalue weighted by Gasteiger charge is 2.28. The Morgan fingerprint density at radius 2 is 2.40 bits per heavy atom. The highest BCUT2D eigenvalue weighted by Crippen LogP contribution is 2.38. The summed E-state index contributed by atoms with van der Waals surface area (Å²) < 4.78 is 4.91. The van der Waals surface area contributed by atoms with Gasteiger partial charge in [0.15, 0.2) is 5.82 Å². The Bertz CT molecular complexity index is 231. The molecule has 2 rings (SSSR count). The number of halogens is 1. The van der Waals surface area contributed by atoms with Crippen molar-refractivity contribution in [3.05, 3.63) is 11.7 Å². The molecule has 4 heteroatoms. The molecule has 1 aliphatic rings. The monoisotopic (exact) mass is 202 g/mol. The molecule has 0 N–H and O–H groups in total. The van der Waals surface area contributed by atoms with Crippen LogP contribution in [0, 0.1) is 0 Å². The maximum atomic E-state index is 4.91. The molecule has 0 unspecified atom stereocenters. The summed E-state index contributed by atoms with van der Waals surface area (Å²) in [7, 11) is 0. The second-order valence-electron chi connectivity index (χ2n) is 2.45. The highest BCUT2D eigenvalue weighted by atomic mass is 79.9. The Hall–Kier alpha value is -0.380. The average Bonchev–Trinajstić information content (AvgIpc) is 2.70. The molecule has 0 atom stereocenters. The van der Waals surface area contributed by atoms with Gasteiger partial charge in [-0.05, 0) is 12.8 Å². The van der Waals surface area contributed by atoms with Gasteiger partial charge in [-0.2, -0.15) is 4.98 Å². The fourth-order valence-corrected chi connectivity index (χ4v) is 1.06. The van der Waals surface area contributed by atoms with Gasteiger partial charge in [0.25, 0.3) is 0 Å². The number of aromatic nitrogens is 2. The summed E-state index contributed by atoms with van der Waals surface area (Å²) >= 11 is 3.24. The van der Waals surface area contributed by atoms with Crippen LogP contribution in [0.25, 0.3) is 0 Å². The molecule has 0 spiro atoms. The molecule has 1 saturated carbocycles. The molecule has 3 nitrogen and oxygen atoms in total. The Morgan fingerprint density at radius 3 is 2.90 bits per heavy atom. The van der Waals surface area contributed by atoms with E-state index in [4.69, 9.17) is 4.52 Å². The number of nitrogens with zero attached hydrogens (tertiary/aromatic N) is 2. The van der Waals surface area contributed by atoms with Crippen LogP contribution in [0.1, 0.15) is 30.5 Å². The molecule has 1 heterocycles. The molecule has 1 aromatic heterocycles. The molecule has 1 aliphatic carbocycles. The fraction of sp³-hybridized carbons (Fsp3) is 0.667. The van der Waals surface area contributed by atoms with Gasteiger partial charge in [-0.15, -0.1) is 0 Å². The lowest BCUT2D eigenvalue weighted by Gasteiger charge is -1.78. The Labute approximate surface area is 66.9 Å². The topological polar surface area (TPSA) is 38.9 Å². The third kappa shape index (κ3) is 1.08. The van der Waals surface area contributed by atoms with Crippen LogP contribution in [-0.4, -0.2) is 10.1 Å². The molecule has 0 bridgehead atoms. The Kier molecular flexibility index (Phi) is 1.48. The first-order chi connectivity index (χ1) is 4.90. The first kappa shape index (κ1) is 6.34. The van der Waals surface area contributed by atoms with Crippen LogP contribution in [0.3, 0.4) is 0 Å². The quantitative estimate of drug-likeness (QED) is 0.688. The van der Waals surface area contributed by atoms with Gasteiger partial charge in [0.05, 0.1) is 5.33 Å². The maximum absolute atomic E-state index is 4.91. The van der Waals surface area contributed by atoms with Crippen LogP contribution in [-0.2, 0) is 5.33 Å². The number of hydrogen-bond acceptors (Lipinski definition) is 3. The zero-order chi connectivity index (χ0) is 6.97. The summed E-state index contributed by atoms with van der Waals surface area (Å²) in [6.07, 6.45) is 2.45. The Morgan fingerprint density at radius 1 is 1.60 bits per heavy atom. The van der Waals surface area contributed by atoms with Crippen molar-refractivity contribution in [1.82, 2.24) is 10.1 Å². The lowest BCUT2D eigenvalue weighted by molar-refractivity contribution is 0.385. The molecule has 0 amide bonds. The summed E-state index contributed by atoms with van der Waals surface area (Å²) in [6.45, 7) is 0. The summed E-state index contributed by atoms with van der Waals surface area (Å²) in [6, 6.07) is 0. The van der Waals surface area contributed by atoms with E-state index in [2.05, 4.69) is 26.1 Å². The number of alkyl halides is 1. The molecular weight excluding hydrogens is 196 g/mol. The van der Waals surface area contributed by atoms with Crippen molar-refractivity contribution in [2.45, 2.75) is 24.1 Å². The van der Waals surface area contributed by atoms with Crippen LogP contribution < -0.4 is 0 Å². The maximum Gasteiger partial charge on any atom is 0.237 e. The highest BCUT2D eigenvalue weighted by molar-refractivity contribution is 9.08. The summed E-state index contributed by atoms with van der Waals surface area (Å²) in [5, 5.41) is 4.49. The lowest BCUT2D eigenvalue weighted by atomic mass is 10.4. The van der Waals surface area contributed by atoms with Crippen molar-refractivity contribution < 1.29 is 4.52 Å². The molecule has 0 aliphatic heterocycles. The van der Waals surface area contributed by atoms with Gasteiger partial charge in [0.2, 0.25) is 5.89 Å². The Balaban J connectivity index is 2.19. The molecule has 0 radical (unpaired) electrons. The minimum Gasteiger partial charge on any atom is -0.338 e. The van der Waals surface area contributed by atoms with Gasteiger partial charge in [0.1, 0.15) is 0 Å². The van der Waals surface area contributed by atoms with Gasteiger partial charge in [-0.3, -0.25) is 0 Å². The minimum atomic E-state index is 0.594. The zero-order valence-corrected chi connectivity index (χ0v) is 6.97. The second-order valence-corrected chi connectivity index (χ2v) is 3.01. The smallest absolute Gasteiger partial charge is 0.237 e. The van der Waals surface area contributed by atoms with Crippen LogP contribution in [0.2, 0.25) is 0 Å². The summed E-state index contributed by atoms with van der Waals surface area (Å²) in [4.78, 5) is 4.17. The van der Waals surface area contributed by atoms with E-state index in [1.807, 2.05) is 0 Å². The van der Waals surface area contributed by atoms with Crippen LogP contribution in [0.4, 0.5) is 0 Å². The van der Waals surface area contributed by atoms with E-state index in [-0.39, 0.29) is 0 Å². The van der Waals surface area contributed by atoms with Gasteiger partial charge in [-0.25, -0.2) is 0 Å². The molecule has 0 aromatic carbocycles. The molecule has 1 aromatic rings. The molecule has 1 fully saturated rings. The van der Waals surface area contributed by atoms with Crippen molar-refractivity contribution in [2.24, 2.45) is 0 Å². The van der Waals surface area contributed by atoms with E-state index in [0.29, 0.717) is 17.1 Å². The van der Waals surface area contributed by atoms with E-state index in [1.54, 1.807) is 0 Å². The van der Waals surface area contributed by atoms with Gasteiger partial charge < -0.3 is 4.52 Å². The zero-order valence-electron chi connectivity index (χ0n) is 5.38. The molecule has 54 valence electrons. The van der Waals surface area contributed by atoms with E-state index < -0.39 is 0 Å². The van der Waals surface area contributed by atoms with Crippen LogP contribution >= 0.6 is 15.9 Å². The largest absolute Gasteiger partial charge is 0.338 e. The molecular formula is C6H7BrN2O. The van der Waals surface area contributed by atoms with Crippen molar-refractivity contribution in [3.63, 3.8) is 0 Å². The van der Waals surface area contributed by atoms with Crippen molar-refractivity contribution in [2.75, 3.05) is 0 Å². The molecule has 0 saturated heterocycles. The first-order valence-electron chi connectivity index (χ1n) is 3.28. The predicted octanol–water partition coefficient (Wildman–Crippen LogP) is 1.84. The van der Waals surface area contributed by atoms with Crippen molar-refractivity contribution in [1.29, 1.82) is 0 Å². The number of rotatable bonds is 2. The summed E-state index contributed by atoms with van der Waals surface area (Å²) in [5.74, 6) is 2.16. The van der Waals surface area contributed by atoms with E-state index in [1.165, 1.54) is 12.8 Å². The van der Waals surface area contributed by atoms with Crippen LogP contribution in [0.15, 0.2) is 4.52 Å². The van der Waals surface area contributed by atoms with Gasteiger partial charge in [-0.1, -0.05) is 21.1 Å². The van der Waals surface area contributed by atoms with Crippen molar-refractivity contribution >= 4 is 15.9 Å².